The van der Waals surface area contributed by atoms with Crippen LogP contribution in [0.4, 0.5) is 0 Å². The van der Waals surface area contributed by atoms with Gasteiger partial charge < -0.3 is 5.32 Å². The van der Waals surface area contributed by atoms with Gasteiger partial charge in [-0.1, -0.05) is 57.9 Å². The molecule has 2 heteroatoms. The van der Waals surface area contributed by atoms with Crippen molar-refractivity contribution in [3.05, 3.63) is 35.4 Å². The van der Waals surface area contributed by atoms with E-state index in [0.29, 0.717) is 6.04 Å². The highest BCUT2D eigenvalue weighted by Gasteiger charge is 2.24. The first-order chi connectivity index (χ1) is 9.80. The van der Waals surface area contributed by atoms with Crippen LogP contribution in [0.15, 0.2) is 24.3 Å². The number of fused-ring (bicyclic) bond motifs is 1. The van der Waals surface area contributed by atoms with Crippen molar-refractivity contribution in [2.75, 3.05) is 19.6 Å². The quantitative estimate of drug-likeness (QED) is 0.844. The Kier molecular flexibility index (Phi) is 6.06. The average molecular weight is 274 g/mol. The molecule has 0 saturated carbocycles. The van der Waals surface area contributed by atoms with Crippen LogP contribution in [0.5, 0.6) is 0 Å². The second-order valence-electron chi connectivity index (χ2n) is 5.95. The van der Waals surface area contributed by atoms with Crippen molar-refractivity contribution in [1.82, 2.24) is 10.2 Å². The normalized spacial score (nSPS) is 19.1. The molecule has 0 amide bonds. The molecule has 1 aliphatic rings. The van der Waals surface area contributed by atoms with Gasteiger partial charge in [-0.3, -0.25) is 4.90 Å². The molecule has 2 rings (SSSR count). The summed E-state index contributed by atoms with van der Waals surface area (Å²) in [7, 11) is 0. The monoisotopic (exact) mass is 274 g/mol. The smallest absolute Gasteiger partial charge is 0.0363 e. The van der Waals surface area contributed by atoms with E-state index in [4.69, 9.17) is 0 Å². The van der Waals surface area contributed by atoms with Crippen molar-refractivity contribution in [3.8, 4) is 0 Å². The van der Waals surface area contributed by atoms with Crippen LogP contribution >= 0.6 is 0 Å². The zero-order valence-electron chi connectivity index (χ0n) is 13.4. The third kappa shape index (κ3) is 3.62. The Morgan fingerprint density at radius 2 is 1.95 bits per heavy atom. The molecule has 1 unspecified atom stereocenters. The molecule has 0 radical (unpaired) electrons. The molecule has 112 valence electrons. The Morgan fingerprint density at radius 3 is 2.65 bits per heavy atom. The van der Waals surface area contributed by atoms with Crippen LogP contribution in [0.3, 0.4) is 0 Å². The number of rotatable bonds is 6. The fourth-order valence-electron chi connectivity index (χ4n) is 3.37. The van der Waals surface area contributed by atoms with Crippen molar-refractivity contribution in [3.63, 3.8) is 0 Å². The van der Waals surface area contributed by atoms with Crippen LogP contribution in [-0.2, 0) is 6.54 Å². The molecular weight excluding hydrogens is 244 g/mol. The third-order valence-electron chi connectivity index (χ3n) is 4.82. The van der Waals surface area contributed by atoms with E-state index < -0.39 is 0 Å². The Hall–Kier alpha value is -0.860. The minimum absolute atomic E-state index is 0.590. The lowest BCUT2D eigenvalue weighted by Gasteiger charge is -2.33. The summed E-state index contributed by atoms with van der Waals surface area (Å²) in [5.41, 5.74) is 3.03. The van der Waals surface area contributed by atoms with E-state index in [1.54, 1.807) is 5.56 Å². The zero-order valence-corrected chi connectivity index (χ0v) is 13.4. The molecule has 0 aromatic heterocycles. The minimum atomic E-state index is 0.590. The standard InChI is InChI=1S/C18H30N2/c1-4-15(5-2)14-20(6-3)18-11-12-19-13-16-9-7-8-10-17(16)18/h7-10,15,18-19H,4-6,11-14H2,1-3H3. The summed E-state index contributed by atoms with van der Waals surface area (Å²) >= 11 is 0. The molecule has 0 fully saturated rings. The second kappa shape index (κ2) is 7.80. The van der Waals surface area contributed by atoms with Gasteiger partial charge >= 0.3 is 0 Å². The van der Waals surface area contributed by atoms with Crippen LogP contribution in [0.1, 0.15) is 57.2 Å². The van der Waals surface area contributed by atoms with E-state index in [0.717, 1.165) is 25.6 Å². The van der Waals surface area contributed by atoms with Gasteiger partial charge in [0.2, 0.25) is 0 Å². The lowest BCUT2D eigenvalue weighted by atomic mass is 9.95. The highest BCUT2D eigenvalue weighted by Crippen LogP contribution is 2.30. The molecule has 1 atom stereocenters. The summed E-state index contributed by atoms with van der Waals surface area (Å²) in [6, 6.07) is 9.57. The largest absolute Gasteiger partial charge is 0.313 e. The van der Waals surface area contributed by atoms with Crippen LogP contribution < -0.4 is 5.32 Å². The Labute approximate surface area is 124 Å². The van der Waals surface area contributed by atoms with Crippen molar-refractivity contribution in [2.45, 2.75) is 52.6 Å². The molecule has 1 aromatic rings. The average Bonchev–Trinajstić information content (AvgIpc) is 2.71. The van der Waals surface area contributed by atoms with Crippen LogP contribution in [0, 0.1) is 5.92 Å². The number of hydrogen-bond acceptors (Lipinski definition) is 2. The molecule has 1 N–H and O–H groups in total. The lowest BCUT2D eigenvalue weighted by molar-refractivity contribution is 0.164. The number of nitrogens with zero attached hydrogens (tertiary/aromatic N) is 1. The van der Waals surface area contributed by atoms with Crippen LogP contribution in [0.2, 0.25) is 0 Å². The minimum Gasteiger partial charge on any atom is -0.313 e. The van der Waals surface area contributed by atoms with E-state index in [2.05, 4.69) is 55.3 Å². The lowest BCUT2D eigenvalue weighted by Crippen LogP contribution is -2.34. The van der Waals surface area contributed by atoms with Crippen molar-refractivity contribution < 1.29 is 0 Å². The molecule has 1 aliphatic heterocycles. The van der Waals surface area contributed by atoms with Crippen molar-refractivity contribution in [1.29, 1.82) is 0 Å². The molecule has 20 heavy (non-hydrogen) atoms. The van der Waals surface area contributed by atoms with E-state index in [9.17, 15) is 0 Å². The summed E-state index contributed by atoms with van der Waals surface area (Å²) in [5.74, 6) is 0.832. The number of benzene rings is 1. The van der Waals surface area contributed by atoms with Gasteiger partial charge in [0.25, 0.3) is 0 Å². The number of hydrogen-bond donors (Lipinski definition) is 1. The van der Waals surface area contributed by atoms with E-state index in [1.807, 2.05) is 0 Å². The predicted molar refractivity (Wildman–Crippen MR) is 86.8 cm³/mol. The van der Waals surface area contributed by atoms with Gasteiger partial charge in [0.15, 0.2) is 0 Å². The predicted octanol–water partition coefficient (Wildman–Crippen LogP) is 3.98. The molecule has 0 aliphatic carbocycles. The molecule has 2 nitrogen and oxygen atoms in total. The van der Waals surface area contributed by atoms with Gasteiger partial charge in [-0.2, -0.15) is 0 Å². The van der Waals surface area contributed by atoms with Gasteiger partial charge in [0, 0.05) is 19.1 Å². The first kappa shape index (κ1) is 15.5. The summed E-state index contributed by atoms with van der Waals surface area (Å²) in [6.45, 7) is 11.5. The van der Waals surface area contributed by atoms with Gasteiger partial charge in [-0.15, -0.1) is 0 Å². The van der Waals surface area contributed by atoms with Gasteiger partial charge in [-0.05, 0) is 36.6 Å². The van der Waals surface area contributed by atoms with E-state index in [1.165, 1.54) is 31.4 Å². The molecular formula is C18H30N2. The summed E-state index contributed by atoms with van der Waals surface area (Å²) in [5, 5.41) is 3.57. The molecule has 0 spiro atoms. The molecule has 0 saturated heterocycles. The summed E-state index contributed by atoms with van der Waals surface area (Å²) in [4.78, 5) is 2.70. The molecule has 0 bridgehead atoms. The third-order valence-corrected chi connectivity index (χ3v) is 4.82. The van der Waals surface area contributed by atoms with Gasteiger partial charge in [0.1, 0.15) is 0 Å². The highest BCUT2D eigenvalue weighted by molar-refractivity contribution is 5.31. The van der Waals surface area contributed by atoms with E-state index >= 15 is 0 Å². The molecule has 1 heterocycles. The SMILES string of the molecule is CCC(CC)CN(CC)C1CCNCc2ccccc21. The summed E-state index contributed by atoms with van der Waals surface area (Å²) in [6.07, 6.45) is 3.81. The first-order valence-electron chi connectivity index (χ1n) is 8.32. The van der Waals surface area contributed by atoms with Crippen LogP contribution in [0.25, 0.3) is 0 Å². The maximum atomic E-state index is 3.57. The van der Waals surface area contributed by atoms with Gasteiger partial charge in [0.05, 0.1) is 0 Å². The first-order valence-corrected chi connectivity index (χ1v) is 8.32. The molecule has 1 aromatic carbocycles. The van der Waals surface area contributed by atoms with Gasteiger partial charge in [-0.25, -0.2) is 0 Å². The van der Waals surface area contributed by atoms with Crippen molar-refractivity contribution in [2.24, 2.45) is 5.92 Å². The fraction of sp³-hybridized carbons (Fsp3) is 0.667. The Morgan fingerprint density at radius 1 is 1.20 bits per heavy atom. The Balaban J connectivity index is 2.20. The zero-order chi connectivity index (χ0) is 14.4. The highest BCUT2D eigenvalue weighted by atomic mass is 15.2. The Bertz CT molecular complexity index is 398. The summed E-state index contributed by atoms with van der Waals surface area (Å²) < 4.78 is 0. The fourth-order valence-corrected chi connectivity index (χ4v) is 3.37. The topological polar surface area (TPSA) is 15.3 Å². The number of nitrogens with one attached hydrogen (secondary N) is 1. The van der Waals surface area contributed by atoms with Crippen molar-refractivity contribution >= 4 is 0 Å². The van der Waals surface area contributed by atoms with E-state index in [-0.39, 0.29) is 0 Å². The maximum Gasteiger partial charge on any atom is 0.0363 e. The second-order valence-corrected chi connectivity index (χ2v) is 5.95. The maximum absolute atomic E-state index is 3.57. The van der Waals surface area contributed by atoms with Crippen LogP contribution in [-0.4, -0.2) is 24.5 Å².